The van der Waals surface area contributed by atoms with Gasteiger partial charge in [-0.15, -0.1) is 0 Å². The van der Waals surface area contributed by atoms with Gasteiger partial charge < -0.3 is 10.2 Å². The summed E-state index contributed by atoms with van der Waals surface area (Å²) in [7, 11) is 1.78. The Kier molecular flexibility index (Phi) is 4.24. The summed E-state index contributed by atoms with van der Waals surface area (Å²) in [6.45, 7) is 3.91. The molecular weight excluding hydrogens is 216 g/mol. The van der Waals surface area contributed by atoms with Gasteiger partial charge in [0.25, 0.3) is 0 Å². The summed E-state index contributed by atoms with van der Waals surface area (Å²) in [6.07, 6.45) is 0. The summed E-state index contributed by atoms with van der Waals surface area (Å²) in [5.41, 5.74) is 0.837. The molecule has 1 aromatic heterocycles. The van der Waals surface area contributed by atoms with Crippen LogP contribution in [-0.4, -0.2) is 30.1 Å². The van der Waals surface area contributed by atoms with E-state index in [1.54, 1.807) is 18.9 Å². The zero-order valence-electron chi connectivity index (χ0n) is 10.2. The molecule has 6 nitrogen and oxygen atoms in total. The van der Waals surface area contributed by atoms with Crippen LogP contribution in [-0.2, 0) is 0 Å². The Morgan fingerprint density at radius 2 is 1.76 bits per heavy atom. The highest BCUT2D eigenvalue weighted by atomic mass is 15.2. The van der Waals surface area contributed by atoms with Crippen LogP contribution in [0.25, 0.3) is 0 Å². The molecule has 0 saturated heterocycles. The van der Waals surface area contributed by atoms with Crippen molar-refractivity contribution < 1.29 is 0 Å². The number of nitrogens with one attached hydrogen (secondary N) is 1. The zero-order chi connectivity index (χ0) is 12.8. The van der Waals surface area contributed by atoms with Crippen molar-refractivity contribution in [2.75, 3.05) is 30.4 Å². The molecule has 17 heavy (non-hydrogen) atoms. The molecule has 1 heterocycles. The van der Waals surface area contributed by atoms with Crippen molar-refractivity contribution in [3.63, 3.8) is 0 Å². The Hall–Kier alpha value is -2.34. The lowest BCUT2D eigenvalue weighted by atomic mass is 10.2. The van der Waals surface area contributed by atoms with E-state index in [1.807, 2.05) is 19.1 Å². The van der Waals surface area contributed by atoms with Crippen molar-refractivity contribution >= 4 is 11.6 Å². The van der Waals surface area contributed by atoms with E-state index in [0.717, 1.165) is 5.56 Å². The van der Waals surface area contributed by atoms with Gasteiger partial charge in [-0.05, 0) is 13.8 Å². The molecule has 1 N–H and O–H groups in total. The first-order valence-corrected chi connectivity index (χ1v) is 5.15. The van der Waals surface area contributed by atoms with Crippen LogP contribution in [0.1, 0.15) is 11.4 Å². The summed E-state index contributed by atoms with van der Waals surface area (Å²) >= 11 is 0. The summed E-state index contributed by atoms with van der Waals surface area (Å²) < 4.78 is 0. The summed E-state index contributed by atoms with van der Waals surface area (Å²) in [5.74, 6) is 1.95. The molecule has 0 aliphatic rings. The first-order valence-electron chi connectivity index (χ1n) is 5.15. The second-order valence-electron chi connectivity index (χ2n) is 3.49. The second-order valence-corrected chi connectivity index (χ2v) is 3.49. The number of hydrogen-bond donors (Lipinski definition) is 1. The number of aryl methyl sites for hydroxylation is 1. The number of aromatic nitrogens is 2. The van der Waals surface area contributed by atoms with Crippen LogP contribution < -0.4 is 10.2 Å². The van der Waals surface area contributed by atoms with Gasteiger partial charge >= 0.3 is 0 Å². The molecule has 0 unspecified atom stereocenters. The van der Waals surface area contributed by atoms with Crippen LogP contribution in [0.2, 0.25) is 0 Å². The fourth-order valence-electron chi connectivity index (χ4n) is 1.54. The van der Waals surface area contributed by atoms with Gasteiger partial charge in [0.1, 0.15) is 30.5 Å². The summed E-state index contributed by atoms with van der Waals surface area (Å²) in [4.78, 5) is 10.2. The first kappa shape index (κ1) is 12.7. The van der Waals surface area contributed by atoms with E-state index < -0.39 is 0 Å². The molecular formula is C11H14N6. The number of nitrogens with zero attached hydrogens (tertiary/aromatic N) is 5. The molecule has 1 aromatic rings. The van der Waals surface area contributed by atoms with Crippen LogP contribution in [0.3, 0.4) is 0 Å². The Bertz CT molecular complexity index is 466. The summed E-state index contributed by atoms with van der Waals surface area (Å²) in [6, 6.07) is 4.06. The fraction of sp³-hybridized carbons (Fsp3) is 0.455. The highest BCUT2D eigenvalue weighted by Gasteiger charge is 2.14. The molecule has 0 aliphatic carbocycles. The first-order chi connectivity index (χ1) is 8.13. The van der Waals surface area contributed by atoms with Crippen LogP contribution >= 0.6 is 0 Å². The van der Waals surface area contributed by atoms with Gasteiger partial charge in [-0.25, -0.2) is 9.97 Å². The molecule has 6 heteroatoms. The third-order valence-electron chi connectivity index (χ3n) is 2.29. The van der Waals surface area contributed by atoms with E-state index in [2.05, 4.69) is 15.3 Å². The molecule has 0 aliphatic heterocycles. The molecule has 1 rings (SSSR count). The molecule has 0 radical (unpaired) electrons. The quantitative estimate of drug-likeness (QED) is 0.776. The Morgan fingerprint density at radius 1 is 1.18 bits per heavy atom. The average Bonchev–Trinajstić information content (AvgIpc) is 2.31. The monoisotopic (exact) mass is 230 g/mol. The Labute approximate surface area is 101 Å². The van der Waals surface area contributed by atoms with Gasteiger partial charge in [-0.1, -0.05) is 0 Å². The number of hydrogen-bond acceptors (Lipinski definition) is 6. The number of nitriles is 2. The highest BCUT2D eigenvalue weighted by Crippen LogP contribution is 2.22. The van der Waals surface area contributed by atoms with Crippen molar-refractivity contribution in [2.45, 2.75) is 13.8 Å². The van der Waals surface area contributed by atoms with Gasteiger partial charge in [-0.2, -0.15) is 10.5 Å². The molecule has 0 spiro atoms. The van der Waals surface area contributed by atoms with E-state index in [9.17, 15) is 0 Å². The molecule has 0 saturated carbocycles. The van der Waals surface area contributed by atoms with Crippen LogP contribution in [0.15, 0.2) is 0 Å². The molecule has 0 atom stereocenters. The van der Waals surface area contributed by atoms with Crippen molar-refractivity contribution in [1.29, 1.82) is 10.5 Å². The van der Waals surface area contributed by atoms with Gasteiger partial charge in [0.15, 0.2) is 0 Å². The van der Waals surface area contributed by atoms with Crippen molar-refractivity contribution in [1.82, 2.24) is 9.97 Å². The maximum absolute atomic E-state index is 8.75. The minimum atomic E-state index is 0.133. The van der Waals surface area contributed by atoms with Crippen molar-refractivity contribution in [3.05, 3.63) is 11.4 Å². The average molecular weight is 230 g/mol. The zero-order valence-corrected chi connectivity index (χ0v) is 10.2. The molecule has 0 amide bonds. The number of anilines is 2. The maximum Gasteiger partial charge on any atom is 0.139 e. The van der Waals surface area contributed by atoms with E-state index in [4.69, 9.17) is 10.5 Å². The third kappa shape index (κ3) is 2.82. The normalized spacial score (nSPS) is 9.24. The third-order valence-corrected chi connectivity index (χ3v) is 2.29. The van der Waals surface area contributed by atoms with Crippen molar-refractivity contribution in [3.8, 4) is 12.1 Å². The van der Waals surface area contributed by atoms with Gasteiger partial charge in [0.2, 0.25) is 0 Å². The van der Waals surface area contributed by atoms with E-state index >= 15 is 0 Å². The minimum Gasteiger partial charge on any atom is -0.373 e. The van der Waals surface area contributed by atoms with Crippen molar-refractivity contribution in [2.24, 2.45) is 0 Å². The van der Waals surface area contributed by atoms with E-state index in [-0.39, 0.29) is 13.1 Å². The van der Waals surface area contributed by atoms with Gasteiger partial charge in [0, 0.05) is 12.6 Å². The van der Waals surface area contributed by atoms with Gasteiger partial charge in [0.05, 0.1) is 12.1 Å². The van der Waals surface area contributed by atoms with Crippen LogP contribution in [0.4, 0.5) is 11.6 Å². The highest BCUT2D eigenvalue weighted by molar-refractivity contribution is 5.59. The second kappa shape index (κ2) is 5.66. The largest absolute Gasteiger partial charge is 0.373 e. The van der Waals surface area contributed by atoms with Crippen LogP contribution in [0, 0.1) is 36.5 Å². The van der Waals surface area contributed by atoms with Gasteiger partial charge in [-0.3, -0.25) is 0 Å². The molecule has 0 aromatic carbocycles. The predicted octanol–water partition coefficient (Wildman–Crippen LogP) is 0.989. The SMILES string of the molecule is CNc1nc(C)nc(N(CC#N)CC#N)c1C. The standard InChI is InChI=1S/C11H14N6/c1-8-10(14-3)15-9(2)16-11(8)17(6-4-12)7-5-13/h6-7H2,1-3H3,(H,14,15,16). The smallest absolute Gasteiger partial charge is 0.139 e. The fourth-order valence-corrected chi connectivity index (χ4v) is 1.54. The Balaban J connectivity index is 3.23. The topological polar surface area (TPSA) is 88.6 Å². The van der Waals surface area contributed by atoms with Crippen LogP contribution in [0.5, 0.6) is 0 Å². The van der Waals surface area contributed by atoms with E-state index in [1.165, 1.54) is 0 Å². The minimum absolute atomic E-state index is 0.133. The lowest BCUT2D eigenvalue weighted by Gasteiger charge is -2.20. The summed E-state index contributed by atoms with van der Waals surface area (Å²) in [5, 5.41) is 20.5. The molecule has 0 fully saturated rings. The Morgan fingerprint density at radius 3 is 2.24 bits per heavy atom. The lowest BCUT2D eigenvalue weighted by molar-refractivity contribution is 0.898. The molecule has 0 bridgehead atoms. The molecule has 88 valence electrons. The maximum atomic E-state index is 8.75. The van der Waals surface area contributed by atoms with E-state index in [0.29, 0.717) is 17.5 Å². The predicted molar refractivity (Wildman–Crippen MR) is 64.5 cm³/mol. The number of rotatable bonds is 4. The lowest BCUT2D eigenvalue weighted by Crippen LogP contribution is -2.26.